The summed E-state index contributed by atoms with van der Waals surface area (Å²) in [5.74, 6) is 0.791. The Hall–Kier alpha value is -2.56. The molecule has 0 unspecified atom stereocenters. The van der Waals surface area contributed by atoms with E-state index < -0.39 is 0 Å². The smallest absolute Gasteiger partial charge is 0.131 e. The highest BCUT2D eigenvalue weighted by Gasteiger charge is 2.04. The minimum absolute atomic E-state index is 0.676. The Bertz CT molecular complexity index is 766. The molecule has 0 spiro atoms. The zero-order chi connectivity index (χ0) is 14.1. The van der Waals surface area contributed by atoms with Gasteiger partial charge in [0.25, 0.3) is 0 Å². The second kappa shape index (κ2) is 4.85. The van der Waals surface area contributed by atoms with Gasteiger partial charge in [-0.15, -0.1) is 0 Å². The van der Waals surface area contributed by atoms with Crippen molar-refractivity contribution in [2.45, 2.75) is 6.92 Å². The van der Waals surface area contributed by atoms with Crippen molar-refractivity contribution in [3.05, 3.63) is 46.6 Å². The highest BCUT2D eigenvalue weighted by molar-refractivity contribution is 5.65. The molecular weight excluding hydrogens is 250 g/mol. The third-order valence-electron chi connectivity index (χ3n) is 3.23. The van der Waals surface area contributed by atoms with Gasteiger partial charge in [-0.3, -0.25) is 4.99 Å². The Morgan fingerprint density at radius 1 is 1.25 bits per heavy atom. The molecule has 5 nitrogen and oxygen atoms in total. The Morgan fingerprint density at radius 3 is 2.95 bits per heavy atom. The van der Waals surface area contributed by atoms with Crippen LogP contribution in [0.1, 0.15) is 5.56 Å². The molecule has 0 fully saturated rings. The van der Waals surface area contributed by atoms with Gasteiger partial charge in [-0.1, -0.05) is 6.07 Å². The van der Waals surface area contributed by atoms with Crippen molar-refractivity contribution in [3.63, 3.8) is 0 Å². The first-order valence-corrected chi connectivity index (χ1v) is 6.48. The molecule has 3 rings (SSSR count). The summed E-state index contributed by atoms with van der Waals surface area (Å²) >= 11 is 0. The van der Waals surface area contributed by atoms with E-state index in [1.165, 1.54) is 0 Å². The number of anilines is 3. The maximum atomic E-state index is 5.82. The van der Waals surface area contributed by atoms with Crippen molar-refractivity contribution >= 4 is 23.4 Å². The molecule has 0 saturated heterocycles. The summed E-state index contributed by atoms with van der Waals surface area (Å²) < 4.78 is 0. The van der Waals surface area contributed by atoms with Gasteiger partial charge in [0.1, 0.15) is 17.8 Å². The van der Waals surface area contributed by atoms with Crippen LogP contribution in [0.4, 0.5) is 17.2 Å². The maximum absolute atomic E-state index is 5.82. The van der Waals surface area contributed by atoms with E-state index in [-0.39, 0.29) is 0 Å². The number of aryl methyl sites for hydroxylation is 1. The van der Waals surface area contributed by atoms with E-state index >= 15 is 0 Å². The van der Waals surface area contributed by atoms with Gasteiger partial charge in [-0.2, -0.15) is 0 Å². The fraction of sp³-hybridized carbons (Fsp3) is 0.200. The van der Waals surface area contributed by atoms with Gasteiger partial charge in [-0.05, 0) is 36.8 Å². The number of nitrogen functional groups attached to an aromatic ring is 1. The van der Waals surface area contributed by atoms with Crippen LogP contribution >= 0.6 is 0 Å². The Kier molecular flexibility index (Phi) is 3.02. The van der Waals surface area contributed by atoms with Gasteiger partial charge in [0.05, 0.1) is 5.36 Å². The van der Waals surface area contributed by atoms with Crippen molar-refractivity contribution in [1.82, 2.24) is 9.88 Å². The van der Waals surface area contributed by atoms with Crippen LogP contribution in [0.25, 0.3) is 6.20 Å². The fourth-order valence-electron chi connectivity index (χ4n) is 2.12. The lowest BCUT2D eigenvalue weighted by Crippen LogP contribution is -2.36. The van der Waals surface area contributed by atoms with Crippen LogP contribution < -0.4 is 21.8 Å². The number of fused-ring (bicyclic) bond motifs is 1. The van der Waals surface area contributed by atoms with Gasteiger partial charge >= 0.3 is 0 Å². The van der Waals surface area contributed by atoms with E-state index in [1.54, 1.807) is 0 Å². The van der Waals surface area contributed by atoms with Crippen LogP contribution in [0.3, 0.4) is 0 Å². The number of nitrogens with two attached hydrogens (primary N) is 1. The van der Waals surface area contributed by atoms with Crippen molar-refractivity contribution in [2.24, 2.45) is 4.99 Å². The van der Waals surface area contributed by atoms with Crippen LogP contribution in [-0.2, 0) is 0 Å². The molecular formula is C15H17N5. The topological polar surface area (TPSA) is 66.5 Å². The first-order valence-electron chi connectivity index (χ1n) is 6.48. The summed E-state index contributed by atoms with van der Waals surface area (Å²) in [5.41, 5.74) is 8.66. The molecule has 5 heteroatoms. The molecule has 1 aromatic heterocycles. The SMILES string of the molecule is Cc1ccc(N)cc1Nc1ccc2c(n1)=CN(C)CN=2. The minimum Gasteiger partial charge on any atom is -0.399 e. The van der Waals surface area contributed by atoms with Crippen molar-refractivity contribution in [1.29, 1.82) is 0 Å². The number of rotatable bonds is 2. The number of benzene rings is 1. The van der Waals surface area contributed by atoms with E-state index in [2.05, 4.69) is 15.3 Å². The second-order valence-electron chi connectivity index (χ2n) is 4.99. The Labute approximate surface area is 117 Å². The van der Waals surface area contributed by atoms with Gasteiger partial charge in [0.2, 0.25) is 0 Å². The number of pyridine rings is 1. The lowest BCUT2D eigenvalue weighted by molar-refractivity contribution is 0.496. The van der Waals surface area contributed by atoms with Gasteiger partial charge < -0.3 is 16.0 Å². The number of hydrogen-bond acceptors (Lipinski definition) is 5. The molecule has 1 aromatic carbocycles. The summed E-state index contributed by atoms with van der Waals surface area (Å²) in [5, 5.41) is 5.12. The lowest BCUT2D eigenvalue weighted by Gasteiger charge is -2.14. The van der Waals surface area contributed by atoms with Gasteiger partial charge in [0.15, 0.2) is 0 Å². The van der Waals surface area contributed by atoms with Crippen molar-refractivity contribution in [3.8, 4) is 0 Å². The molecule has 0 bridgehead atoms. The third-order valence-corrected chi connectivity index (χ3v) is 3.23. The molecule has 1 aliphatic rings. The van der Waals surface area contributed by atoms with Crippen LogP contribution in [0, 0.1) is 6.92 Å². The van der Waals surface area contributed by atoms with Crippen molar-refractivity contribution in [2.75, 3.05) is 24.8 Å². The highest BCUT2D eigenvalue weighted by Crippen LogP contribution is 2.20. The molecule has 1 aliphatic heterocycles. The van der Waals surface area contributed by atoms with Gasteiger partial charge in [-0.25, -0.2) is 4.98 Å². The Morgan fingerprint density at radius 2 is 2.10 bits per heavy atom. The summed E-state index contributed by atoms with van der Waals surface area (Å²) in [6, 6.07) is 9.71. The largest absolute Gasteiger partial charge is 0.399 e. The minimum atomic E-state index is 0.676. The molecule has 0 amide bonds. The first-order chi connectivity index (χ1) is 9.61. The molecule has 2 heterocycles. The summed E-state index contributed by atoms with van der Waals surface area (Å²) in [4.78, 5) is 11.0. The molecule has 3 N–H and O–H groups in total. The monoisotopic (exact) mass is 267 g/mol. The number of hydrogen-bond donors (Lipinski definition) is 2. The molecule has 0 radical (unpaired) electrons. The predicted octanol–water partition coefficient (Wildman–Crippen LogP) is 0.976. The van der Waals surface area contributed by atoms with Crippen molar-refractivity contribution < 1.29 is 0 Å². The van der Waals surface area contributed by atoms with Crippen LogP contribution in [-0.4, -0.2) is 23.6 Å². The lowest BCUT2D eigenvalue weighted by atomic mass is 10.2. The molecule has 0 saturated carbocycles. The molecule has 20 heavy (non-hydrogen) atoms. The van der Waals surface area contributed by atoms with E-state index in [1.807, 2.05) is 55.4 Å². The Balaban J connectivity index is 1.99. The molecule has 2 aromatic rings. The molecule has 0 atom stereocenters. The number of nitrogens with one attached hydrogen (secondary N) is 1. The van der Waals surface area contributed by atoms with E-state index in [9.17, 15) is 0 Å². The average molecular weight is 267 g/mol. The zero-order valence-corrected chi connectivity index (χ0v) is 11.6. The van der Waals surface area contributed by atoms with Crippen LogP contribution in [0.5, 0.6) is 0 Å². The predicted molar refractivity (Wildman–Crippen MR) is 81.0 cm³/mol. The summed E-state index contributed by atoms with van der Waals surface area (Å²) in [6.45, 7) is 2.71. The molecule has 102 valence electrons. The fourth-order valence-corrected chi connectivity index (χ4v) is 2.12. The second-order valence-corrected chi connectivity index (χ2v) is 4.99. The third kappa shape index (κ3) is 2.42. The highest BCUT2D eigenvalue weighted by atomic mass is 15.2. The quantitative estimate of drug-likeness (QED) is 0.796. The standard InChI is InChI=1S/C15H17N5/c1-10-3-4-11(16)7-13(10)18-15-6-5-12-14(19-15)8-20(2)9-17-12/h3-8H,9,16H2,1-2H3,(H,18,19). The average Bonchev–Trinajstić information content (AvgIpc) is 2.42. The maximum Gasteiger partial charge on any atom is 0.131 e. The normalized spacial score (nSPS) is 13.2. The van der Waals surface area contributed by atoms with E-state index in [0.29, 0.717) is 6.67 Å². The summed E-state index contributed by atoms with van der Waals surface area (Å²) in [7, 11) is 1.98. The van der Waals surface area contributed by atoms with E-state index in [4.69, 9.17) is 5.73 Å². The molecule has 0 aliphatic carbocycles. The van der Waals surface area contributed by atoms with Gasteiger partial charge in [0, 0.05) is 24.6 Å². The van der Waals surface area contributed by atoms with Crippen LogP contribution in [0.15, 0.2) is 35.3 Å². The number of nitrogens with zero attached hydrogens (tertiary/aromatic N) is 3. The number of aromatic nitrogens is 1. The van der Waals surface area contributed by atoms with E-state index in [0.717, 1.165) is 33.5 Å². The first kappa shape index (κ1) is 12.5. The zero-order valence-electron chi connectivity index (χ0n) is 11.6. The van der Waals surface area contributed by atoms with Crippen LogP contribution in [0.2, 0.25) is 0 Å². The summed E-state index contributed by atoms with van der Waals surface area (Å²) in [6.07, 6.45) is 2.00.